The molecule has 1 aromatic rings. The second-order valence-electron chi connectivity index (χ2n) is 6.50. The second kappa shape index (κ2) is 6.24. The Balaban J connectivity index is 1.66. The largest absolute Gasteiger partial charge is 0.507 e. The van der Waals surface area contributed by atoms with Gasteiger partial charge in [-0.15, -0.1) is 0 Å². The minimum absolute atomic E-state index is 0.0538. The highest BCUT2D eigenvalue weighted by atomic mass is 19.1. The van der Waals surface area contributed by atoms with Crippen molar-refractivity contribution in [3.63, 3.8) is 0 Å². The van der Waals surface area contributed by atoms with E-state index in [4.69, 9.17) is 0 Å². The number of piperidine rings is 2. The number of hydrogen-bond acceptors (Lipinski definition) is 3. The zero-order valence-corrected chi connectivity index (χ0v) is 12.9. The lowest BCUT2D eigenvalue weighted by Gasteiger charge is -2.46. The molecule has 2 aliphatic rings. The molecule has 5 heteroatoms. The predicted molar refractivity (Wildman–Crippen MR) is 82.4 cm³/mol. The third kappa shape index (κ3) is 2.95. The number of phenolic OH excluding ortho intramolecular Hbond substituents is 1. The van der Waals surface area contributed by atoms with Crippen molar-refractivity contribution < 1.29 is 14.3 Å². The van der Waals surface area contributed by atoms with Gasteiger partial charge in [0.05, 0.1) is 0 Å². The second-order valence-corrected chi connectivity index (χ2v) is 6.50. The molecular formula is C17H23FN2O2. The van der Waals surface area contributed by atoms with Crippen LogP contribution < -0.4 is 5.32 Å². The van der Waals surface area contributed by atoms with Crippen LogP contribution in [0.25, 0.3) is 0 Å². The van der Waals surface area contributed by atoms with Crippen LogP contribution in [0.5, 0.6) is 5.75 Å². The quantitative estimate of drug-likeness (QED) is 0.883. The van der Waals surface area contributed by atoms with Crippen molar-refractivity contribution in [3.05, 3.63) is 29.6 Å². The monoisotopic (exact) mass is 306 g/mol. The van der Waals surface area contributed by atoms with Gasteiger partial charge in [0.15, 0.2) is 0 Å². The summed E-state index contributed by atoms with van der Waals surface area (Å²) in [5.74, 6) is -1.50. The summed E-state index contributed by atoms with van der Waals surface area (Å²) in [6, 6.07) is 5.10. The molecule has 0 bridgehead atoms. The van der Waals surface area contributed by atoms with Gasteiger partial charge in [0.1, 0.15) is 17.1 Å². The molecule has 1 amide bonds. The van der Waals surface area contributed by atoms with Crippen molar-refractivity contribution in [1.29, 1.82) is 0 Å². The molecule has 2 saturated heterocycles. The Morgan fingerprint density at radius 2 is 2.18 bits per heavy atom. The third-order valence-corrected chi connectivity index (χ3v) is 5.04. The predicted octanol–water partition coefficient (Wildman–Crippen LogP) is 2.67. The number of carbonyl (C=O) groups excluding carboxylic acids is 1. The van der Waals surface area contributed by atoms with Crippen LogP contribution >= 0.6 is 0 Å². The lowest BCUT2D eigenvalue weighted by atomic mass is 9.87. The summed E-state index contributed by atoms with van der Waals surface area (Å²) in [7, 11) is 0. The van der Waals surface area contributed by atoms with Crippen LogP contribution in [-0.4, -0.2) is 40.6 Å². The fourth-order valence-corrected chi connectivity index (χ4v) is 3.87. The Hall–Kier alpha value is -1.62. The molecule has 3 atom stereocenters. The van der Waals surface area contributed by atoms with Crippen LogP contribution in [0, 0.1) is 5.82 Å². The van der Waals surface area contributed by atoms with Gasteiger partial charge in [0.25, 0.3) is 5.91 Å². The van der Waals surface area contributed by atoms with Crippen LogP contribution in [0.2, 0.25) is 0 Å². The number of amides is 1. The topological polar surface area (TPSA) is 52.6 Å². The zero-order chi connectivity index (χ0) is 15.7. The first-order valence-electron chi connectivity index (χ1n) is 8.10. The number of aromatic hydroxyl groups is 1. The first-order valence-corrected chi connectivity index (χ1v) is 8.10. The molecule has 0 aliphatic carbocycles. The Kier molecular flexibility index (Phi) is 4.34. The van der Waals surface area contributed by atoms with E-state index < -0.39 is 11.7 Å². The third-order valence-electron chi connectivity index (χ3n) is 5.04. The minimum Gasteiger partial charge on any atom is -0.507 e. The number of rotatable bonds is 2. The zero-order valence-electron chi connectivity index (χ0n) is 12.9. The molecule has 22 heavy (non-hydrogen) atoms. The molecule has 1 aromatic carbocycles. The molecule has 0 radical (unpaired) electrons. The first-order chi connectivity index (χ1) is 10.6. The van der Waals surface area contributed by atoms with Crippen LogP contribution in [-0.2, 0) is 0 Å². The van der Waals surface area contributed by atoms with E-state index in [1.165, 1.54) is 37.5 Å². The standard InChI is InChI=1S/C17H23FN2O2/c1-11-4-2-5-13-10-12(8-9-20(11)13)19-17(22)16-14(18)6-3-7-15(16)21/h3,6-7,11-13,21H,2,4-5,8-10H2,1H3,(H,19,22)/t11-,12+,13-/m1/s1. The smallest absolute Gasteiger partial charge is 0.258 e. The summed E-state index contributed by atoms with van der Waals surface area (Å²) in [6.07, 6.45) is 5.43. The van der Waals surface area contributed by atoms with Crippen molar-refractivity contribution in [3.8, 4) is 5.75 Å². The van der Waals surface area contributed by atoms with E-state index in [1.807, 2.05) is 0 Å². The molecule has 0 spiro atoms. The summed E-state index contributed by atoms with van der Waals surface area (Å²) in [5.41, 5.74) is -0.248. The SMILES string of the molecule is C[C@@H]1CCC[C@@H]2C[C@@H](NC(=O)c3c(O)cccc3F)CCN21. The van der Waals surface area contributed by atoms with Gasteiger partial charge in [0.2, 0.25) is 0 Å². The number of nitrogens with zero attached hydrogens (tertiary/aromatic N) is 1. The van der Waals surface area contributed by atoms with Crippen LogP contribution in [0.4, 0.5) is 4.39 Å². The molecule has 4 nitrogen and oxygen atoms in total. The molecule has 0 saturated carbocycles. The Morgan fingerprint density at radius 1 is 1.36 bits per heavy atom. The van der Waals surface area contributed by atoms with Gasteiger partial charge < -0.3 is 10.4 Å². The average molecular weight is 306 g/mol. The van der Waals surface area contributed by atoms with Crippen molar-refractivity contribution in [2.45, 2.75) is 57.2 Å². The number of carbonyl (C=O) groups is 1. The molecule has 0 aromatic heterocycles. The number of nitrogens with one attached hydrogen (secondary N) is 1. The number of halogens is 1. The van der Waals surface area contributed by atoms with Gasteiger partial charge in [-0.2, -0.15) is 0 Å². The summed E-state index contributed by atoms with van der Waals surface area (Å²) < 4.78 is 13.7. The lowest BCUT2D eigenvalue weighted by Crippen LogP contribution is -2.54. The van der Waals surface area contributed by atoms with Crippen LogP contribution in [0.1, 0.15) is 49.4 Å². The van der Waals surface area contributed by atoms with Gasteiger partial charge in [-0.3, -0.25) is 9.69 Å². The Bertz CT molecular complexity index is 543. The Labute approximate surface area is 130 Å². The molecule has 0 unspecified atom stereocenters. The van der Waals surface area contributed by atoms with E-state index in [2.05, 4.69) is 17.1 Å². The van der Waals surface area contributed by atoms with Crippen molar-refractivity contribution in [2.24, 2.45) is 0 Å². The van der Waals surface area contributed by atoms with E-state index in [0.717, 1.165) is 19.4 Å². The van der Waals surface area contributed by atoms with Gasteiger partial charge in [-0.25, -0.2) is 4.39 Å². The maximum Gasteiger partial charge on any atom is 0.258 e. The van der Waals surface area contributed by atoms with Crippen molar-refractivity contribution >= 4 is 5.91 Å². The fourth-order valence-electron chi connectivity index (χ4n) is 3.87. The highest BCUT2D eigenvalue weighted by Crippen LogP contribution is 2.30. The van der Waals surface area contributed by atoms with E-state index in [0.29, 0.717) is 12.1 Å². The summed E-state index contributed by atoms with van der Waals surface area (Å²) >= 11 is 0. The number of fused-ring (bicyclic) bond motifs is 1. The summed E-state index contributed by atoms with van der Waals surface area (Å²) in [6.45, 7) is 3.24. The minimum atomic E-state index is -0.679. The first kappa shape index (κ1) is 15.3. The van der Waals surface area contributed by atoms with Crippen molar-refractivity contribution in [1.82, 2.24) is 10.2 Å². The molecule has 120 valence electrons. The summed E-state index contributed by atoms with van der Waals surface area (Å²) in [5, 5.41) is 12.6. The maximum atomic E-state index is 13.7. The number of benzene rings is 1. The highest BCUT2D eigenvalue weighted by Gasteiger charge is 2.34. The van der Waals surface area contributed by atoms with Crippen molar-refractivity contribution in [2.75, 3.05) is 6.54 Å². The number of phenols is 1. The molecule has 2 fully saturated rings. The van der Waals surface area contributed by atoms with Gasteiger partial charge in [-0.1, -0.05) is 12.5 Å². The van der Waals surface area contributed by atoms with E-state index in [9.17, 15) is 14.3 Å². The van der Waals surface area contributed by atoms with Gasteiger partial charge in [-0.05, 0) is 44.7 Å². The molecule has 2 N–H and O–H groups in total. The van der Waals surface area contributed by atoms with Crippen LogP contribution in [0.15, 0.2) is 18.2 Å². The van der Waals surface area contributed by atoms with E-state index in [-0.39, 0.29) is 17.4 Å². The van der Waals surface area contributed by atoms with Gasteiger partial charge >= 0.3 is 0 Å². The number of hydrogen-bond donors (Lipinski definition) is 2. The Morgan fingerprint density at radius 3 is 2.95 bits per heavy atom. The maximum absolute atomic E-state index is 13.7. The van der Waals surface area contributed by atoms with Crippen LogP contribution in [0.3, 0.4) is 0 Å². The molecular weight excluding hydrogens is 283 g/mol. The molecule has 3 rings (SSSR count). The van der Waals surface area contributed by atoms with E-state index in [1.54, 1.807) is 0 Å². The lowest BCUT2D eigenvalue weighted by molar-refractivity contribution is 0.0457. The fraction of sp³-hybridized carbons (Fsp3) is 0.588. The molecule has 2 aliphatic heterocycles. The highest BCUT2D eigenvalue weighted by molar-refractivity contribution is 5.97. The molecule has 2 heterocycles. The average Bonchev–Trinajstić information content (AvgIpc) is 2.47. The van der Waals surface area contributed by atoms with E-state index >= 15 is 0 Å². The van der Waals surface area contributed by atoms with Gasteiger partial charge in [0, 0.05) is 24.7 Å². The summed E-state index contributed by atoms with van der Waals surface area (Å²) in [4.78, 5) is 14.8. The normalized spacial score (nSPS) is 28.9.